The van der Waals surface area contributed by atoms with Crippen LogP contribution >= 0.6 is 20.6 Å². The Hall–Kier alpha value is -2.28. The molecule has 0 N–H and O–H groups in total. The zero-order chi connectivity index (χ0) is 21.3. The first kappa shape index (κ1) is 22.4. The molecule has 3 heteroatoms. The minimum atomic E-state index is -0.589. The average Bonchev–Trinajstić information content (AvgIpc) is 2.82. The van der Waals surface area contributed by atoms with Gasteiger partial charge in [-0.1, -0.05) is 91.0 Å². The molecule has 1 unspecified atom stereocenters. The second kappa shape index (κ2) is 11.2. The summed E-state index contributed by atoms with van der Waals surface area (Å²) in [6, 6.07) is 28.7. The van der Waals surface area contributed by atoms with Gasteiger partial charge in [0, 0.05) is 25.3 Å². The maximum absolute atomic E-state index is 3.53. The molecule has 30 heavy (non-hydrogen) atoms. The molecule has 1 aliphatic rings. The van der Waals surface area contributed by atoms with E-state index in [1.165, 1.54) is 32.7 Å². The van der Waals surface area contributed by atoms with E-state index in [9.17, 15) is 0 Å². The topological polar surface area (TPSA) is 3.24 Å². The van der Waals surface area contributed by atoms with E-state index in [0.29, 0.717) is 0 Å². The maximum atomic E-state index is 3.53. The van der Waals surface area contributed by atoms with Gasteiger partial charge in [-0.15, -0.1) is 0 Å². The van der Waals surface area contributed by atoms with E-state index < -0.39 is 7.92 Å². The monoisotopic (exact) mass is 431 g/mol. The highest BCUT2D eigenvalue weighted by Gasteiger charge is 2.22. The van der Waals surface area contributed by atoms with Crippen molar-refractivity contribution in [2.24, 2.45) is 0 Å². The molecule has 0 spiro atoms. The fourth-order valence-corrected chi connectivity index (χ4v) is 6.32. The molecule has 0 aliphatic heterocycles. The molecule has 3 aromatic carbocycles. The summed E-state index contributed by atoms with van der Waals surface area (Å²) in [5, 5.41) is 4.29. The molecule has 0 heterocycles. The van der Waals surface area contributed by atoms with E-state index in [0.717, 1.165) is 12.8 Å². The van der Waals surface area contributed by atoms with Crippen molar-refractivity contribution >= 4 is 36.8 Å². The van der Waals surface area contributed by atoms with Crippen molar-refractivity contribution in [2.45, 2.75) is 12.8 Å². The van der Waals surface area contributed by atoms with Crippen molar-refractivity contribution in [3.05, 3.63) is 102 Å². The zero-order valence-electron chi connectivity index (χ0n) is 18.0. The van der Waals surface area contributed by atoms with Crippen LogP contribution in [-0.4, -0.2) is 20.4 Å². The summed E-state index contributed by atoms with van der Waals surface area (Å²) in [6.45, 7) is 0. The van der Waals surface area contributed by atoms with Gasteiger partial charge in [-0.25, -0.2) is 0 Å². The molecule has 3 aromatic rings. The molecule has 0 bridgehead atoms. The van der Waals surface area contributed by atoms with Gasteiger partial charge in [0.05, 0.1) is 0 Å². The number of nitrogens with zero attached hydrogens (tertiary/aromatic N) is 1. The minimum absolute atomic E-state index is 0.589. The van der Waals surface area contributed by atoms with Gasteiger partial charge in [-0.3, -0.25) is 0 Å². The Morgan fingerprint density at radius 1 is 0.733 bits per heavy atom. The number of anilines is 1. The predicted octanol–water partition coefficient (Wildman–Crippen LogP) is 6.63. The highest BCUT2D eigenvalue weighted by molar-refractivity contribution is 7.79. The quantitative estimate of drug-likeness (QED) is 0.350. The lowest BCUT2D eigenvalue weighted by molar-refractivity contribution is 1.03. The van der Waals surface area contributed by atoms with Crippen molar-refractivity contribution in [2.75, 3.05) is 25.3 Å². The summed E-state index contributed by atoms with van der Waals surface area (Å²) in [5.74, 6) is 0. The molecule has 0 radical (unpaired) electrons. The molecular formula is C27H30NPS. The third-order valence-corrected chi connectivity index (χ3v) is 7.60. The molecule has 0 aromatic heterocycles. The van der Waals surface area contributed by atoms with Gasteiger partial charge in [0.15, 0.2) is 0 Å². The summed E-state index contributed by atoms with van der Waals surface area (Å²) in [5.41, 5.74) is 3.89. The maximum Gasteiger partial charge on any atom is 0.0440 e. The first-order chi connectivity index (χ1) is 14.8. The molecule has 1 nitrogen and oxygen atoms in total. The second-order valence-corrected chi connectivity index (χ2v) is 9.39. The van der Waals surface area contributed by atoms with Gasteiger partial charge in [0.25, 0.3) is 0 Å². The van der Waals surface area contributed by atoms with Gasteiger partial charge in [0.2, 0.25) is 0 Å². The summed E-state index contributed by atoms with van der Waals surface area (Å²) < 4.78 is 0. The largest absolute Gasteiger partial charge is 0.377 e. The Morgan fingerprint density at radius 2 is 1.37 bits per heavy atom. The van der Waals surface area contributed by atoms with Crippen LogP contribution in [0.4, 0.5) is 5.69 Å². The minimum Gasteiger partial charge on any atom is -0.377 e. The van der Waals surface area contributed by atoms with Gasteiger partial charge >= 0.3 is 0 Å². The molecule has 0 amide bonds. The Bertz CT molecular complexity index is 1010. The van der Waals surface area contributed by atoms with Gasteiger partial charge in [-0.05, 0) is 54.6 Å². The van der Waals surface area contributed by atoms with Crippen LogP contribution in [0, 0.1) is 0 Å². The molecule has 1 aliphatic carbocycles. The summed E-state index contributed by atoms with van der Waals surface area (Å²) >= 11 is 3.53. The Morgan fingerprint density at radius 3 is 2.03 bits per heavy atom. The number of para-hydroxylation sites is 1. The Balaban J connectivity index is 0.00000124. The van der Waals surface area contributed by atoms with Crippen LogP contribution in [0.3, 0.4) is 0 Å². The van der Waals surface area contributed by atoms with Gasteiger partial charge in [-0.2, -0.15) is 12.6 Å². The molecule has 154 valence electrons. The zero-order valence-corrected chi connectivity index (χ0v) is 19.8. The number of hydrogen-bond donors (Lipinski definition) is 1. The van der Waals surface area contributed by atoms with Gasteiger partial charge < -0.3 is 4.90 Å². The van der Waals surface area contributed by atoms with E-state index in [1.54, 1.807) is 6.26 Å². The molecule has 1 atom stereocenters. The normalized spacial score (nSPS) is 13.7. The van der Waals surface area contributed by atoms with Crippen molar-refractivity contribution < 1.29 is 0 Å². The average molecular weight is 432 g/mol. The van der Waals surface area contributed by atoms with Crippen LogP contribution in [0.25, 0.3) is 11.1 Å². The second-order valence-electron chi connectivity index (χ2n) is 7.21. The lowest BCUT2D eigenvalue weighted by Crippen LogP contribution is -2.17. The van der Waals surface area contributed by atoms with Crippen LogP contribution in [0.1, 0.15) is 12.8 Å². The lowest BCUT2D eigenvalue weighted by atomic mass is 10.0. The van der Waals surface area contributed by atoms with Crippen molar-refractivity contribution in [1.82, 2.24) is 0 Å². The van der Waals surface area contributed by atoms with Crippen molar-refractivity contribution in [1.29, 1.82) is 0 Å². The highest BCUT2D eigenvalue weighted by Crippen LogP contribution is 2.47. The summed E-state index contributed by atoms with van der Waals surface area (Å²) in [7, 11) is 3.65. The number of rotatable bonds is 5. The molecule has 0 saturated heterocycles. The first-order valence-electron chi connectivity index (χ1n) is 10.3. The molecule has 4 rings (SSSR count). The number of thiol groups is 1. The molecular weight excluding hydrogens is 401 g/mol. The van der Waals surface area contributed by atoms with E-state index in [-0.39, 0.29) is 0 Å². The smallest absolute Gasteiger partial charge is 0.0440 e. The summed E-state index contributed by atoms with van der Waals surface area (Å²) in [6.07, 6.45) is 11.1. The lowest BCUT2D eigenvalue weighted by Gasteiger charge is -2.26. The standard InChI is InChI=1S/C26H26NP.CH4S/c1-27(2)25-19-11-9-17-23(25)24-18-10-12-20-26(24)28(21-13-5-3-6-14-21)22-15-7-4-8-16-22;1-2/h3,5-7,9-20H,4,8H2,1-2H3;2H,1H3. The van der Waals surface area contributed by atoms with Crippen molar-refractivity contribution in [3.63, 3.8) is 0 Å². The fraction of sp³-hybridized carbons (Fsp3) is 0.185. The number of allylic oxidation sites excluding steroid dienone is 4. The first-order valence-corrected chi connectivity index (χ1v) is 12.5. The van der Waals surface area contributed by atoms with Crippen LogP contribution < -0.4 is 15.5 Å². The highest BCUT2D eigenvalue weighted by atomic mass is 32.1. The van der Waals surface area contributed by atoms with Crippen molar-refractivity contribution in [3.8, 4) is 11.1 Å². The van der Waals surface area contributed by atoms with Crippen LogP contribution in [0.15, 0.2) is 102 Å². The van der Waals surface area contributed by atoms with E-state index in [4.69, 9.17) is 0 Å². The third-order valence-electron chi connectivity index (χ3n) is 5.07. The molecule has 0 saturated carbocycles. The fourth-order valence-electron chi connectivity index (χ4n) is 3.76. The van der Waals surface area contributed by atoms with Crippen LogP contribution in [0.2, 0.25) is 0 Å². The van der Waals surface area contributed by atoms with E-state index >= 15 is 0 Å². The van der Waals surface area contributed by atoms with Crippen LogP contribution in [-0.2, 0) is 0 Å². The Labute approximate surface area is 188 Å². The third kappa shape index (κ3) is 5.06. The van der Waals surface area contributed by atoms with E-state index in [2.05, 4.69) is 129 Å². The van der Waals surface area contributed by atoms with E-state index in [1.807, 2.05) is 0 Å². The number of hydrogen-bond acceptors (Lipinski definition) is 2. The van der Waals surface area contributed by atoms with Gasteiger partial charge in [0.1, 0.15) is 0 Å². The molecule has 0 fully saturated rings. The number of benzene rings is 3. The van der Waals surface area contributed by atoms with Crippen LogP contribution in [0.5, 0.6) is 0 Å². The summed E-state index contributed by atoms with van der Waals surface area (Å²) in [4.78, 5) is 2.21. The predicted molar refractivity (Wildman–Crippen MR) is 140 cm³/mol. The SMILES string of the molecule is CN(C)c1ccccc1-c1ccccc1P(C1=CCCC=C1)c1ccccc1.CS. The Kier molecular flexibility index (Phi) is 8.37.